The van der Waals surface area contributed by atoms with Gasteiger partial charge in [-0.3, -0.25) is 4.79 Å². The topological polar surface area (TPSA) is 52.8 Å². The number of hydrogen-bond acceptors (Lipinski definition) is 5. The maximum absolute atomic E-state index is 12.3. The fraction of sp³-hybridized carbons (Fsp3) is 0.143. The largest absolute Gasteiger partial charge is 0.454 e. The number of carbonyl (C=O) groups is 1. The highest BCUT2D eigenvalue weighted by molar-refractivity contribution is 7.20. The van der Waals surface area contributed by atoms with E-state index in [0.29, 0.717) is 30.5 Å². The van der Waals surface area contributed by atoms with Crippen LogP contribution in [0.25, 0.3) is 10.2 Å². The Kier molecular flexibility index (Phi) is 3.60. The summed E-state index contributed by atoms with van der Waals surface area (Å²) in [6, 6.07) is 5.30. The van der Waals surface area contributed by atoms with Gasteiger partial charge in [0, 0.05) is 19.2 Å². The molecule has 0 aliphatic carbocycles. The fourth-order valence-electron chi connectivity index (χ4n) is 2.26. The Morgan fingerprint density at radius 1 is 1.22 bits per heavy atom. The number of hydrogen-bond donors (Lipinski definition) is 0. The van der Waals surface area contributed by atoms with Crippen molar-refractivity contribution in [3.05, 3.63) is 37.2 Å². The highest BCUT2D eigenvalue weighted by Gasteiger charge is 2.18. The SMILES string of the molecule is Cn1c(=NC(=O)c2cc(Cl)sc2Cl)sc2cc3c(cc21)OCO3. The van der Waals surface area contributed by atoms with Crippen LogP contribution in [0.2, 0.25) is 8.67 Å². The Bertz CT molecular complexity index is 1020. The number of fused-ring (bicyclic) bond motifs is 2. The number of benzene rings is 1. The lowest BCUT2D eigenvalue weighted by Gasteiger charge is -1.98. The molecule has 0 spiro atoms. The van der Waals surface area contributed by atoms with Gasteiger partial charge in [0.15, 0.2) is 16.3 Å². The molecule has 1 amide bonds. The molecule has 0 saturated carbocycles. The first-order valence-electron chi connectivity index (χ1n) is 6.46. The Labute approximate surface area is 148 Å². The summed E-state index contributed by atoms with van der Waals surface area (Å²) < 4.78 is 14.3. The molecule has 23 heavy (non-hydrogen) atoms. The van der Waals surface area contributed by atoms with Gasteiger partial charge >= 0.3 is 0 Å². The van der Waals surface area contributed by atoms with E-state index in [-0.39, 0.29) is 6.79 Å². The number of thiazole rings is 1. The summed E-state index contributed by atoms with van der Waals surface area (Å²) in [4.78, 5) is 17.0. The quantitative estimate of drug-likeness (QED) is 0.632. The average molecular weight is 387 g/mol. The Hall–Kier alpha value is -1.54. The van der Waals surface area contributed by atoms with Crippen LogP contribution < -0.4 is 14.3 Å². The van der Waals surface area contributed by atoms with Crippen LogP contribution in [-0.4, -0.2) is 17.3 Å². The van der Waals surface area contributed by atoms with Crippen molar-refractivity contribution in [2.24, 2.45) is 12.0 Å². The van der Waals surface area contributed by atoms with Gasteiger partial charge in [-0.05, 0) is 6.07 Å². The fourth-order valence-corrected chi connectivity index (χ4v) is 4.73. The highest BCUT2D eigenvalue weighted by Crippen LogP contribution is 2.37. The molecule has 2 aromatic heterocycles. The summed E-state index contributed by atoms with van der Waals surface area (Å²) in [7, 11) is 1.84. The molecular weight excluding hydrogens is 379 g/mol. The third kappa shape index (κ3) is 2.53. The summed E-state index contributed by atoms with van der Waals surface area (Å²) in [5.41, 5.74) is 1.23. The van der Waals surface area contributed by atoms with Gasteiger partial charge in [-0.25, -0.2) is 0 Å². The number of amides is 1. The monoisotopic (exact) mass is 386 g/mol. The third-order valence-electron chi connectivity index (χ3n) is 3.39. The van der Waals surface area contributed by atoms with Crippen molar-refractivity contribution >= 4 is 62.0 Å². The van der Waals surface area contributed by atoms with Gasteiger partial charge in [0.1, 0.15) is 4.34 Å². The van der Waals surface area contributed by atoms with E-state index in [1.54, 1.807) is 0 Å². The number of ether oxygens (including phenoxy) is 2. The zero-order chi connectivity index (χ0) is 16.1. The van der Waals surface area contributed by atoms with Gasteiger partial charge in [-0.2, -0.15) is 4.99 Å². The molecule has 3 aromatic rings. The van der Waals surface area contributed by atoms with Crippen LogP contribution in [0.4, 0.5) is 0 Å². The van der Waals surface area contributed by atoms with E-state index >= 15 is 0 Å². The number of thiophene rings is 1. The van der Waals surface area contributed by atoms with Gasteiger partial charge < -0.3 is 14.0 Å². The maximum Gasteiger partial charge on any atom is 0.282 e. The van der Waals surface area contributed by atoms with E-state index in [2.05, 4.69) is 4.99 Å². The molecule has 0 radical (unpaired) electrons. The van der Waals surface area contributed by atoms with Crippen molar-refractivity contribution in [1.82, 2.24) is 4.57 Å². The molecule has 118 valence electrons. The molecule has 0 N–H and O–H groups in total. The van der Waals surface area contributed by atoms with Crippen LogP contribution in [0, 0.1) is 0 Å². The first-order valence-corrected chi connectivity index (χ1v) is 8.85. The molecule has 4 rings (SSSR count). The number of carbonyl (C=O) groups excluding carboxylic acids is 1. The molecule has 0 fully saturated rings. The van der Waals surface area contributed by atoms with E-state index < -0.39 is 5.91 Å². The molecule has 0 unspecified atom stereocenters. The minimum absolute atomic E-state index is 0.226. The van der Waals surface area contributed by atoms with Crippen molar-refractivity contribution < 1.29 is 14.3 Å². The standard InChI is InChI=1S/C14H8Cl2N2O3S2/c1-18-7-3-8-9(21-5-20-8)4-10(7)22-14(18)17-13(19)6-2-11(15)23-12(6)16/h2-4H,5H2,1H3. The molecule has 1 aliphatic rings. The third-order valence-corrected chi connectivity index (χ3v) is 5.97. The molecule has 3 heterocycles. The van der Waals surface area contributed by atoms with Gasteiger partial charge in [-0.15, -0.1) is 11.3 Å². The van der Waals surface area contributed by atoms with Gasteiger partial charge in [0.05, 0.1) is 20.1 Å². The number of nitrogens with zero attached hydrogens (tertiary/aromatic N) is 2. The summed E-state index contributed by atoms with van der Waals surface area (Å²) in [6.45, 7) is 0.226. The van der Waals surface area contributed by atoms with Crippen LogP contribution in [0.3, 0.4) is 0 Å². The zero-order valence-corrected chi connectivity index (χ0v) is 14.8. The Balaban J connectivity index is 1.84. The van der Waals surface area contributed by atoms with Gasteiger partial charge in [0.2, 0.25) is 6.79 Å². The Morgan fingerprint density at radius 3 is 2.65 bits per heavy atom. The first-order chi connectivity index (χ1) is 11.0. The number of rotatable bonds is 1. The van der Waals surface area contributed by atoms with Gasteiger partial charge in [-0.1, -0.05) is 34.5 Å². The van der Waals surface area contributed by atoms with E-state index in [4.69, 9.17) is 32.7 Å². The van der Waals surface area contributed by atoms with E-state index in [9.17, 15) is 4.79 Å². The first kappa shape index (κ1) is 15.0. The van der Waals surface area contributed by atoms with Crippen LogP contribution in [-0.2, 0) is 7.05 Å². The molecule has 9 heteroatoms. The smallest absolute Gasteiger partial charge is 0.282 e. The zero-order valence-electron chi connectivity index (χ0n) is 11.6. The predicted octanol–water partition coefficient (Wildman–Crippen LogP) is 4.08. The second-order valence-electron chi connectivity index (χ2n) is 4.77. The van der Waals surface area contributed by atoms with Crippen LogP contribution >= 0.6 is 45.9 Å². The molecule has 0 saturated heterocycles. The molecule has 1 aromatic carbocycles. The minimum atomic E-state index is -0.416. The van der Waals surface area contributed by atoms with Crippen LogP contribution in [0.1, 0.15) is 10.4 Å². The summed E-state index contributed by atoms with van der Waals surface area (Å²) >= 11 is 14.4. The van der Waals surface area contributed by atoms with Crippen molar-refractivity contribution in [3.8, 4) is 11.5 Å². The number of aryl methyl sites for hydroxylation is 1. The summed E-state index contributed by atoms with van der Waals surface area (Å²) in [6.07, 6.45) is 0. The molecule has 0 bridgehead atoms. The maximum atomic E-state index is 12.3. The predicted molar refractivity (Wildman–Crippen MR) is 91.2 cm³/mol. The summed E-state index contributed by atoms with van der Waals surface area (Å²) in [5.74, 6) is 0.974. The lowest BCUT2D eigenvalue weighted by Crippen LogP contribution is -2.13. The molecular formula is C14H8Cl2N2O3S2. The van der Waals surface area contributed by atoms with Crippen molar-refractivity contribution in [2.75, 3.05) is 6.79 Å². The van der Waals surface area contributed by atoms with Crippen LogP contribution in [0.5, 0.6) is 11.5 Å². The van der Waals surface area contributed by atoms with Gasteiger partial charge in [0.25, 0.3) is 5.91 Å². The van der Waals surface area contributed by atoms with Crippen molar-refractivity contribution in [3.63, 3.8) is 0 Å². The Morgan fingerprint density at radius 2 is 1.96 bits per heavy atom. The van der Waals surface area contributed by atoms with E-state index in [1.165, 1.54) is 17.4 Å². The van der Waals surface area contributed by atoms with E-state index in [1.807, 2.05) is 23.7 Å². The van der Waals surface area contributed by atoms with Crippen molar-refractivity contribution in [1.29, 1.82) is 0 Å². The lowest BCUT2D eigenvalue weighted by atomic mass is 10.3. The minimum Gasteiger partial charge on any atom is -0.454 e. The van der Waals surface area contributed by atoms with E-state index in [0.717, 1.165) is 21.6 Å². The molecule has 5 nitrogen and oxygen atoms in total. The second-order valence-corrected chi connectivity index (χ2v) is 8.07. The average Bonchev–Trinajstić information content (AvgIpc) is 3.16. The normalized spacial score (nSPS) is 14.0. The highest BCUT2D eigenvalue weighted by atomic mass is 35.5. The summed E-state index contributed by atoms with van der Waals surface area (Å²) in [5, 5.41) is 0. The van der Waals surface area contributed by atoms with Crippen molar-refractivity contribution in [2.45, 2.75) is 0 Å². The lowest BCUT2D eigenvalue weighted by molar-refractivity contribution is 0.0998. The molecule has 0 atom stereocenters. The second kappa shape index (κ2) is 5.52. The van der Waals surface area contributed by atoms with Crippen LogP contribution in [0.15, 0.2) is 23.2 Å². The number of aromatic nitrogens is 1. The molecule has 1 aliphatic heterocycles. The number of halogens is 2.